The highest BCUT2D eigenvalue weighted by molar-refractivity contribution is 5.92. The Morgan fingerprint density at radius 1 is 1.14 bits per heavy atom. The molecule has 2 N–H and O–H groups in total. The number of amides is 1. The first kappa shape index (κ1) is 24.0. The van der Waals surface area contributed by atoms with Gasteiger partial charge in [-0.25, -0.2) is 20.2 Å². The van der Waals surface area contributed by atoms with Gasteiger partial charge in [0.25, 0.3) is 5.91 Å². The van der Waals surface area contributed by atoms with Crippen LogP contribution in [0.3, 0.4) is 0 Å². The molecule has 0 saturated carbocycles. The summed E-state index contributed by atoms with van der Waals surface area (Å²) >= 11 is 0. The second-order valence-electron chi connectivity index (χ2n) is 7.64. The lowest BCUT2D eigenvalue weighted by molar-refractivity contribution is 0.0284. The molecule has 1 aliphatic rings. The van der Waals surface area contributed by atoms with E-state index in [0.717, 1.165) is 0 Å². The van der Waals surface area contributed by atoms with Crippen LogP contribution in [0.2, 0.25) is 0 Å². The zero-order valence-corrected chi connectivity index (χ0v) is 19.5. The lowest BCUT2D eigenvalue weighted by Crippen LogP contribution is -2.46. The Morgan fingerprint density at radius 3 is 2.43 bits per heavy atom. The maximum Gasteiger partial charge on any atom is 0.332 e. The summed E-state index contributed by atoms with van der Waals surface area (Å²) in [6, 6.07) is 3.40. The van der Waals surface area contributed by atoms with Crippen LogP contribution in [-0.2, 0) is 11.3 Å². The number of nitrogens with one attached hydrogen (secondary N) is 1. The minimum atomic E-state index is -0.688. The van der Waals surface area contributed by atoms with Crippen molar-refractivity contribution < 1.29 is 28.9 Å². The number of imidazole rings is 1. The molecule has 1 amide bonds. The fourth-order valence-electron chi connectivity index (χ4n) is 3.85. The number of ether oxygens (including phenoxy) is 4. The van der Waals surface area contributed by atoms with Crippen LogP contribution in [0.5, 0.6) is 17.2 Å². The molecule has 1 unspecified atom stereocenters. The summed E-state index contributed by atoms with van der Waals surface area (Å²) in [5.41, 5.74) is 2.00. The molecule has 3 aromatic rings. The van der Waals surface area contributed by atoms with E-state index >= 15 is 0 Å². The summed E-state index contributed by atoms with van der Waals surface area (Å²) in [7, 11) is 4.54. The van der Waals surface area contributed by atoms with E-state index in [1.807, 2.05) is 4.90 Å². The van der Waals surface area contributed by atoms with Crippen LogP contribution in [0.1, 0.15) is 10.4 Å². The van der Waals surface area contributed by atoms with Gasteiger partial charge in [0.2, 0.25) is 11.7 Å². The van der Waals surface area contributed by atoms with Gasteiger partial charge in [-0.1, -0.05) is 0 Å². The molecular formula is C22H26N6O7. The van der Waals surface area contributed by atoms with Crippen molar-refractivity contribution in [1.82, 2.24) is 24.6 Å². The summed E-state index contributed by atoms with van der Waals surface area (Å²) in [6.07, 6.45) is 5.73. The zero-order valence-electron chi connectivity index (χ0n) is 19.5. The average molecular weight is 486 g/mol. The molecule has 13 heteroatoms. The topological polar surface area (TPSA) is 142 Å². The first-order chi connectivity index (χ1) is 17.0. The highest BCUT2D eigenvalue weighted by Gasteiger charge is 2.24. The molecule has 186 valence electrons. The summed E-state index contributed by atoms with van der Waals surface area (Å²) in [5, 5.41) is 8.72. The smallest absolute Gasteiger partial charge is 0.332 e. The predicted octanol–water partition coefficient (Wildman–Crippen LogP) is 0.479. The number of benzene rings is 1. The van der Waals surface area contributed by atoms with Gasteiger partial charge in [-0.05, 0) is 0 Å². The van der Waals surface area contributed by atoms with Crippen LogP contribution in [0.25, 0.3) is 5.69 Å². The largest absolute Gasteiger partial charge is 0.493 e. The number of rotatable bonds is 8. The van der Waals surface area contributed by atoms with Crippen molar-refractivity contribution in [2.45, 2.75) is 12.6 Å². The molecule has 1 aromatic carbocycles. The number of carbonyl (C=O) groups excluding carboxylic acids is 1. The van der Waals surface area contributed by atoms with Crippen LogP contribution in [0.15, 0.2) is 41.7 Å². The monoisotopic (exact) mass is 486 g/mol. The first-order valence-electron chi connectivity index (χ1n) is 10.7. The molecule has 35 heavy (non-hydrogen) atoms. The Kier molecular flexibility index (Phi) is 7.17. The zero-order chi connectivity index (χ0) is 24.9. The SMILES string of the molecule is COc1cc(-n2ccn(CC3CN(c4ncc(C(=O)NO)cn4)CCO3)c2=O)cc(OC)c1OC. The molecule has 4 rings (SSSR count). The van der Waals surface area contributed by atoms with Crippen LogP contribution in [0.4, 0.5) is 5.95 Å². The molecule has 0 aliphatic carbocycles. The fraction of sp³-hybridized carbons (Fsp3) is 0.364. The van der Waals surface area contributed by atoms with Crippen molar-refractivity contribution in [3.05, 3.63) is 53.0 Å². The van der Waals surface area contributed by atoms with E-state index in [1.54, 1.807) is 34.6 Å². The minimum absolute atomic E-state index is 0.140. The Morgan fingerprint density at radius 2 is 1.83 bits per heavy atom. The van der Waals surface area contributed by atoms with E-state index in [2.05, 4.69) is 9.97 Å². The Bertz CT molecular complexity index is 1210. The van der Waals surface area contributed by atoms with Gasteiger partial charge in [0.15, 0.2) is 11.5 Å². The summed E-state index contributed by atoms with van der Waals surface area (Å²) in [5.74, 6) is 1.06. The molecule has 2 aromatic heterocycles. The van der Waals surface area contributed by atoms with Gasteiger partial charge in [0, 0.05) is 50.0 Å². The third-order valence-corrected chi connectivity index (χ3v) is 5.60. The predicted molar refractivity (Wildman–Crippen MR) is 123 cm³/mol. The van der Waals surface area contributed by atoms with Gasteiger partial charge >= 0.3 is 5.69 Å². The number of hydrogen-bond acceptors (Lipinski definition) is 10. The number of methoxy groups -OCH3 is 3. The van der Waals surface area contributed by atoms with Crippen LogP contribution < -0.4 is 30.3 Å². The minimum Gasteiger partial charge on any atom is -0.493 e. The lowest BCUT2D eigenvalue weighted by atomic mass is 10.2. The second-order valence-corrected chi connectivity index (χ2v) is 7.64. The van der Waals surface area contributed by atoms with Crippen LogP contribution in [-0.4, -0.2) is 77.3 Å². The van der Waals surface area contributed by atoms with E-state index < -0.39 is 5.91 Å². The van der Waals surface area contributed by atoms with E-state index in [4.69, 9.17) is 24.2 Å². The molecule has 0 radical (unpaired) electrons. The van der Waals surface area contributed by atoms with Crippen molar-refractivity contribution in [2.75, 3.05) is 45.9 Å². The summed E-state index contributed by atoms with van der Waals surface area (Å²) in [4.78, 5) is 34.9. The Balaban J connectivity index is 1.51. The van der Waals surface area contributed by atoms with E-state index in [1.165, 1.54) is 38.3 Å². The Labute approximate surface area is 200 Å². The molecule has 0 bridgehead atoms. The average Bonchev–Trinajstić information content (AvgIpc) is 3.27. The van der Waals surface area contributed by atoms with E-state index in [9.17, 15) is 9.59 Å². The van der Waals surface area contributed by atoms with Crippen molar-refractivity contribution in [2.24, 2.45) is 0 Å². The highest BCUT2D eigenvalue weighted by atomic mass is 16.5. The first-order valence-corrected chi connectivity index (χ1v) is 10.7. The molecule has 13 nitrogen and oxygen atoms in total. The van der Waals surface area contributed by atoms with Gasteiger partial charge in [0.1, 0.15) is 0 Å². The molecule has 0 spiro atoms. The molecule has 3 heterocycles. The highest BCUT2D eigenvalue weighted by Crippen LogP contribution is 2.39. The van der Waals surface area contributed by atoms with Gasteiger partial charge in [-0.2, -0.15) is 0 Å². The van der Waals surface area contributed by atoms with Crippen molar-refractivity contribution in [3.8, 4) is 22.9 Å². The van der Waals surface area contributed by atoms with Crippen molar-refractivity contribution >= 4 is 11.9 Å². The second kappa shape index (κ2) is 10.4. The van der Waals surface area contributed by atoms with Crippen LogP contribution in [0, 0.1) is 0 Å². The quantitative estimate of drug-likeness (QED) is 0.341. The van der Waals surface area contributed by atoms with Crippen molar-refractivity contribution in [3.63, 3.8) is 0 Å². The summed E-state index contributed by atoms with van der Waals surface area (Å²) in [6.45, 7) is 1.75. The number of morpholine rings is 1. The van der Waals surface area contributed by atoms with E-state index in [0.29, 0.717) is 55.1 Å². The third kappa shape index (κ3) is 4.90. The maximum atomic E-state index is 13.1. The fourth-order valence-corrected chi connectivity index (χ4v) is 3.85. The molecule has 1 saturated heterocycles. The number of hydrogen-bond donors (Lipinski definition) is 2. The molecule has 1 aliphatic heterocycles. The van der Waals surface area contributed by atoms with E-state index in [-0.39, 0.29) is 17.4 Å². The van der Waals surface area contributed by atoms with Crippen molar-refractivity contribution in [1.29, 1.82) is 0 Å². The molecular weight excluding hydrogens is 460 g/mol. The molecule has 1 fully saturated rings. The van der Waals surface area contributed by atoms with Gasteiger partial charge in [0.05, 0.1) is 51.8 Å². The summed E-state index contributed by atoms with van der Waals surface area (Å²) < 4.78 is 25.0. The number of anilines is 1. The number of hydroxylamine groups is 1. The number of nitrogens with zero attached hydrogens (tertiary/aromatic N) is 5. The van der Waals surface area contributed by atoms with Gasteiger partial charge < -0.3 is 23.8 Å². The van der Waals surface area contributed by atoms with Gasteiger partial charge in [-0.15, -0.1) is 0 Å². The number of aromatic nitrogens is 4. The normalized spacial score (nSPS) is 15.5. The Hall–Kier alpha value is -4.10. The third-order valence-electron chi connectivity index (χ3n) is 5.60. The lowest BCUT2D eigenvalue weighted by Gasteiger charge is -2.32. The van der Waals surface area contributed by atoms with Gasteiger partial charge in [-0.3, -0.25) is 19.1 Å². The number of carbonyl (C=O) groups is 1. The van der Waals surface area contributed by atoms with Crippen LogP contribution >= 0.6 is 0 Å². The molecule has 1 atom stereocenters. The maximum absolute atomic E-state index is 13.1. The standard InChI is InChI=1S/C22H26N6O7/c1-32-17-8-15(9-18(33-2)19(17)34-3)28-5-4-27(22(28)30)13-16-12-26(6-7-35-16)21-23-10-14(11-24-21)20(29)25-31/h4-5,8-11,16,31H,6-7,12-13H2,1-3H3,(H,25,29).